The van der Waals surface area contributed by atoms with Gasteiger partial charge in [-0.3, -0.25) is 0 Å². The molecule has 1 aliphatic carbocycles. The Kier molecular flexibility index (Phi) is 3.38. The predicted octanol–water partition coefficient (Wildman–Crippen LogP) is 5.47. The van der Waals surface area contributed by atoms with Gasteiger partial charge in [0.15, 0.2) is 0 Å². The standard InChI is InChI=1S/C18H25N/c1-12-9-13(2)18-16(10-12)17(11-19-18)14(3)15-7-5-4-6-8-15/h9-11,14-15,19H,4-8H2,1-3H3. The number of rotatable bonds is 2. The van der Waals surface area contributed by atoms with Gasteiger partial charge < -0.3 is 4.98 Å². The lowest BCUT2D eigenvalue weighted by atomic mass is 9.77. The van der Waals surface area contributed by atoms with Crippen LogP contribution in [0.2, 0.25) is 0 Å². The molecule has 1 N–H and O–H groups in total. The van der Waals surface area contributed by atoms with Crippen molar-refractivity contribution in [1.82, 2.24) is 4.98 Å². The maximum absolute atomic E-state index is 3.50. The molecule has 0 saturated heterocycles. The minimum Gasteiger partial charge on any atom is -0.361 e. The quantitative estimate of drug-likeness (QED) is 0.732. The summed E-state index contributed by atoms with van der Waals surface area (Å²) >= 11 is 0. The van der Waals surface area contributed by atoms with Gasteiger partial charge >= 0.3 is 0 Å². The Labute approximate surface area is 116 Å². The van der Waals surface area contributed by atoms with E-state index in [1.54, 1.807) is 0 Å². The van der Waals surface area contributed by atoms with Crippen LogP contribution in [0.3, 0.4) is 0 Å². The van der Waals surface area contributed by atoms with E-state index in [2.05, 4.69) is 44.1 Å². The zero-order chi connectivity index (χ0) is 13.4. The Hall–Kier alpha value is -1.24. The number of aromatic amines is 1. The molecule has 1 nitrogen and oxygen atoms in total. The van der Waals surface area contributed by atoms with Crippen LogP contribution in [0, 0.1) is 19.8 Å². The number of hydrogen-bond acceptors (Lipinski definition) is 0. The van der Waals surface area contributed by atoms with E-state index in [9.17, 15) is 0 Å². The summed E-state index contributed by atoms with van der Waals surface area (Å²) in [6.45, 7) is 6.84. The van der Waals surface area contributed by atoms with Crippen LogP contribution in [0.5, 0.6) is 0 Å². The Morgan fingerprint density at radius 3 is 2.58 bits per heavy atom. The lowest BCUT2D eigenvalue weighted by Gasteiger charge is -2.27. The summed E-state index contributed by atoms with van der Waals surface area (Å²) in [6, 6.07) is 4.63. The molecule has 0 spiro atoms. The molecule has 1 saturated carbocycles. The van der Waals surface area contributed by atoms with Crippen LogP contribution in [0.25, 0.3) is 10.9 Å². The van der Waals surface area contributed by atoms with Gasteiger partial charge in [-0.15, -0.1) is 0 Å². The van der Waals surface area contributed by atoms with Crippen molar-refractivity contribution in [3.63, 3.8) is 0 Å². The number of nitrogens with one attached hydrogen (secondary N) is 1. The average molecular weight is 255 g/mol. The van der Waals surface area contributed by atoms with Crippen molar-refractivity contribution in [2.24, 2.45) is 5.92 Å². The van der Waals surface area contributed by atoms with Gasteiger partial charge in [0.2, 0.25) is 0 Å². The number of aryl methyl sites for hydroxylation is 2. The van der Waals surface area contributed by atoms with E-state index in [4.69, 9.17) is 0 Å². The summed E-state index contributed by atoms with van der Waals surface area (Å²) in [5.41, 5.74) is 5.62. The van der Waals surface area contributed by atoms with Crippen LogP contribution >= 0.6 is 0 Å². The molecule has 0 bridgehead atoms. The van der Waals surface area contributed by atoms with Crippen LogP contribution in [-0.2, 0) is 0 Å². The van der Waals surface area contributed by atoms with Crippen molar-refractivity contribution in [3.05, 3.63) is 35.0 Å². The normalized spacial score (nSPS) is 18.9. The van der Waals surface area contributed by atoms with E-state index in [0.29, 0.717) is 5.92 Å². The first-order valence-electron chi connectivity index (χ1n) is 7.75. The molecule has 0 amide bonds. The van der Waals surface area contributed by atoms with E-state index in [0.717, 1.165) is 5.92 Å². The van der Waals surface area contributed by atoms with Gasteiger partial charge in [0.1, 0.15) is 0 Å². The molecule has 102 valence electrons. The first-order valence-corrected chi connectivity index (χ1v) is 7.75. The molecule has 1 aromatic heterocycles. The van der Waals surface area contributed by atoms with Crippen LogP contribution < -0.4 is 0 Å². The fourth-order valence-corrected chi connectivity index (χ4v) is 3.88. The second-order valence-electron chi connectivity index (χ2n) is 6.44. The van der Waals surface area contributed by atoms with E-state index in [1.807, 2.05) is 0 Å². The maximum Gasteiger partial charge on any atom is 0.0486 e. The van der Waals surface area contributed by atoms with Crippen LogP contribution in [0.1, 0.15) is 61.6 Å². The molecule has 19 heavy (non-hydrogen) atoms. The molecule has 0 aliphatic heterocycles. The smallest absolute Gasteiger partial charge is 0.0486 e. The molecular formula is C18H25N. The van der Waals surface area contributed by atoms with Gasteiger partial charge in [-0.25, -0.2) is 0 Å². The summed E-state index contributed by atoms with van der Waals surface area (Å²) in [6.07, 6.45) is 9.38. The molecular weight excluding hydrogens is 230 g/mol. The topological polar surface area (TPSA) is 15.8 Å². The second-order valence-corrected chi connectivity index (χ2v) is 6.44. The van der Waals surface area contributed by atoms with Crippen molar-refractivity contribution in [3.8, 4) is 0 Å². The first-order chi connectivity index (χ1) is 9.16. The predicted molar refractivity (Wildman–Crippen MR) is 82.8 cm³/mol. The minimum atomic E-state index is 0.690. The van der Waals surface area contributed by atoms with E-state index < -0.39 is 0 Å². The van der Waals surface area contributed by atoms with E-state index in [-0.39, 0.29) is 0 Å². The molecule has 1 atom stereocenters. The van der Waals surface area contributed by atoms with Gasteiger partial charge in [-0.1, -0.05) is 37.8 Å². The van der Waals surface area contributed by atoms with Gasteiger partial charge in [0.05, 0.1) is 0 Å². The summed E-state index contributed by atoms with van der Waals surface area (Å²) in [5.74, 6) is 1.57. The third-order valence-electron chi connectivity index (χ3n) is 5.01. The highest BCUT2D eigenvalue weighted by molar-refractivity contribution is 5.87. The van der Waals surface area contributed by atoms with E-state index in [1.165, 1.54) is 59.7 Å². The van der Waals surface area contributed by atoms with Crippen molar-refractivity contribution in [2.45, 2.75) is 58.8 Å². The molecule has 0 radical (unpaired) electrons. The van der Waals surface area contributed by atoms with Crippen LogP contribution in [0.15, 0.2) is 18.3 Å². The number of H-pyrrole nitrogens is 1. The highest BCUT2D eigenvalue weighted by Crippen LogP contribution is 2.39. The summed E-state index contributed by atoms with van der Waals surface area (Å²) in [5, 5.41) is 1.45. The van der Waals surface area contributed by atoms with Crippen LogP contribution in [-0.4, -0.2) is 4.98 Å². The lowest BCUT2D eigenvalue weighted by Crippen LogP contribution is -2.13. The number of benzene rings is 1. The third kappa shape index (κ3) is 2.31. The van der Waals surface area contributed by atoms with Crippen LogP contribution in [0.4, 0.5) is 0 Å². The minimum absolute atomic E-state index is 0.690. The fraction of sp³-hybridized carbons (Fsp3) is 0.556. The Morgan fingerprint density at radius 2 is 1.84 bits per heavy atom. The Bertz CT molecular complexity index is 573. The molecule has 1 aromatic carbocycles. The molecule has 1 heteroatoms. The van der Waals surface area contributed by atoms with Gasteiger partial charge in [-0.2, -0.15) is 0 Å². The molecule has 1 heterocycles. The zero-order valence-electron chi connectivity index (χ0n) is 12.4. The lowest BCUT2D eigenvalue weighted by molar-refractivity contribution is 0.317. The van der Waals surface area contributed by atoms with Crippen molar-refractivity contribution >= 4 is 10.9 Å². The van der Waals surface area contributed by atoms with Gasteiger partial charge in [0.25, 0.3) is 0 Å². The molecule has 1 unspecified atom stereocenters. The summed E-state index contributed by atoms with van der Waals surface area (Å²) in [7, 11) is 0. The van der Waals surface area contributed by atoms with Gasteiger partial charge in [-0.05, 0) is 55.7 Å². The van der Waals surface area contributed by atoms with Gasteiger partial charge in [0, 0.05) is 17.1 Å². The summed E-state index contributed by atoms with van der Waals surface area (Å²) in [4.78, 5) is 3.50. The average Bonchev–Trinajstić information content (AvgIpc) is 2.83. The largest absolute Gasteiger partial charge is 0.361 e. The zero-order valence-corrected chi connectivity index (χ0v) is 12.4. The van der Waals surface area contributed by atoms with Crippen molar-refractivity contribution in [2.75, 3.05) is 0 Å². The fourth-order valence-electron chi connectivity index (χ4n) is 3.88. The molecule has 1 aliphatic rings. The highest BCUT2D eigenvalue weighted by atomic mass is 14.7. The summed E-state index contributed by atoms with van der Waals surface area (Å²) < 4.78 is 0. The SMILES string of the molecule is Cc1cc(C)c2[nH]cc(C(C)C3CCCCC3)c2c1. The number of aromatic nitrogens is 1. The highest BCUT2D eigenvalue weighted by Gasteiger charge is 2.23. The maximum atomic E-state index is 3.50. The number of fused-ring (bicyclic) bond motifs is 1. The van der Waals surface area contributed by atoms with Crippen molar-refractivity contribution in [1.29, 1.82) is 0 Å². The molecule has 3 rings (SSSR count). The number of hydrogen-bond donors (Lipinski definition) is 1. The Balaban J connectivity index is 2.00. The third-order valence-corrected chi connectivity index (χ3v) is 5.01. The molecule has 1 fully saturated rings. The first kappa shape index (κ1) is 12.8. The monoisotopic (exact) mass is 255 g/mol. The second kappa shape index (κ2) is 5.03. The van der Waals surface area contributed by atoms with Crippen molar-refractivity contribution < 1.29 is 0 Å². The Morgan fingerprint density at radius 1 is 1.11 bits per heavy atom. The van der Waals surface area contributed by atoms with E-state index >= 15 is 0 Å². The molecule has 2 aromatic rings.